The number of rotatable bonds is 5. The summed E-state index contributed by atoms with van der Waals surface area (Å²) in [5, 5.41) is 3.15. The molecule has 0 radical (unpaired) electrons. The molecule has 0 spiro atoms. The lowest BCUT2D eigenvalue weighted by Gasteiger charge is -2.06. The second kappa shape index (κ2) is 5.27. The van der Waals surface area contributed by atoms with Gasteiger partial charge in [0.2, 0.25) is 5.91 Å². The normalized spacial score (nSPS) is 9.79. The summed E-state index contributed by atoms with van der Waals surface area (Å²) in [5.74, 6) is -0.274. The molecule has 14 heavy (non-hydrogen) atoms. The Kier molecular flexibility index (Phi) is 3.98. The summed E-state index contributed by atoms with van der Waals surface area (Å²) in [4.78, 5) is 10.5. The molecular weight excluding hydrogens is 176 g/mol. The number of nitrogens with one attached hydrogen (secondary N) is 1. The molecule has 0 aliphatic carbocycles. The van der Waals surface area contributed by atoms with Gasteiger partial charge in [0.1, 0.15) is 0 Å². The minimum absolute atomic E-state index is 0.274. The van der Waals surface area contributed by atoms with E-state index in [1.807, 2.05) is 12.1 Å². The number of hydrogen-bond acceptors (Lipinski definition) is 2. The number of amides is 1. The number of hydrogen-bond donors (Lipinski definition) is 2. The fraction of sp³-hybridized carbons (Fsp3) is 0.364. The summed E-state index contributed by atoms with van der Waals surface area (Å²) < 4.78 is 0. The average molecular weight is 192 g/mol. The van der Waals surface area contributed by atoms with Crippen LogP contribution in [0, 0.1) is 0 Å². The Morgan fingerprint density at radius 2 is 2.29 bits per heavy atom. The van der Waals surface area contributed by atoms with Crippen molar-refractivity contribution < 1.29 is 4.79 Å². The maximum absolute atomic E-state index is 10.5. The van der Waals surface area contributed by atoms with E-state index in [2.05, 4.69) is 24.4 Å². The van der Waals surface area contributed by atoms with E-state index in [0.717, 1.165) is 12.1 Å². The van der Waals surface area contributed by atoms with Gasteiger partial charge in [0.15, 0.2) is 0 Å². The third kappa shape index (κ3) is 3.47. The molecule has 0 bridgehead atoms. The Morgan fingerprint density at radius 3 is 2.93 bits per heavy atom. The first-order valence-electron chi connectivity index (χ1n) is 4.83. The number of benzene rings is 1. The van der Waals surface area contributed by atoms with Crippen LogP contribution in [0.1, 0.15) is 18.9 Å². The number of primary amides is 1. The number of nitrogens with two attached hydrogens (primary N) is 1. The molecule has 3 N–H and O–H groups in total. The van der Waals surface area contributed by atoms with Gasteiger partial charge in [-0.3, -0.25) is 4.79 Å². The Morgan fingerprint density at radius 1 is 1.50 bits per heavy atom. The Bertz CT molecular complexity index is 310. The number of carbonyl (C=O) groups is 1. The highest BCUT2D eigenvalue weighted by Gasteiger charge is 1.95. The van der Waals surface area contributed by atoms with Crippen molar-refractivity contribution in [2.75, 3.05) is 11.9 Å². The third-order valence-electron chi connectivity index (χ3n) is 2.04. The smallest absolute Gasteiger partial charge is 0.219 e. The summed E-state index contributed by atoms with van der Waals surface area (Å²) in [5.41, 5.74) is 7.37. The van der Waals surface area contributed by atoms with Gasteiger partial charge in [-0.2, -0.15) is 0 Å². The van der Waals surface area contributed by atoms with Crippen LogP contribution in [-0.4, -0.2) is 12.5 Å². The number of anilines is 1. The molecule has 0 unspecified atom stereocenters. The van der Waals surface area contributed by atoms with Gasteiger partial charge in [-0.25, -0.2) is 0 Å². The predicted molar refractivity (Wildman–Crippen MR) is 58.1 cm³/mol. The Balaban J connectivity index is 2.46. The summed E-state index contributed by atoms with van der Waals surface area (Å²) >= 11 is 0. The topological polar surface area (TPSA) is 55.1 Å². The van der Waals surface area contributed by atoms with Crippen molar-refractivity contribution in [2.45, 2.75) is 19.8 Å². The van der Waals surface area contributed by atoms with E-state index in [1.165, 1.54) is 5.56 Å². The second-order valence-electron chi connectivity index (χ2n) is 3.20. The number of aryl methyl sites for hydroxylation is 1. The number of carbonyl (C=O) groups excluding carboxylic acids is 1. The van der Waals surface area contributed by atoms with Crippen LogP contribution in [0.4, 0.5) is 5.69 Å². The largest absolute Gasteiger partial charge is 0.385 e. The molecule has 0 aliphatic rings. The van der Waals surface area contributed by atoms with Crippen molar-refractivity contribution in [1.29, 1.82) is 0 Å². The summed E-state index contributed by atoms with van der Waals surface area (Å²) in [6.07, 6.45) is 1.39. The van der Waals surface area contributed by atoms with Crippen LogP contribution < -0.4 is 11.1 Å². The quantitative estimate of drug-likeness (QED) is 0.743. The molecule has 0 heterocycles. The SMILES string of the molecule is CCc1cccc(NCCC(N)=O)c1. The van der Waals surface area contributed by atoms with Crippen LogP contribution in [0.15, 0.2) is 24.3 Å². The minimum atomic E-state index is -0.274. The van der Waals surface area contributed by atoms with Gasteiger partial charge in [0.25, 0.3) is 0 Å². The molecule has 0 aromatic heterocycles. The summed E-state index contributed by atoms with van der Waals surface area (Å²) in [6.45, 7) is 2.71. The molecule has 1 aromatic carbocycles. The molecule has 0 fully saturated rings. The fourth-order valence-corrected chi connectivity index (χ4v) is 1.23. The summed E-state index contributed by atoms with van der Waals surface area (Å²) in [7, 11) is 0. The lowest BCUT2D eigenvalue weighted by atomic mass is 10.1. The van der Waals surface area contributed by atoms with Crippen LogP contribution in [0.25, 0.3) is 0 Å². The molecule has 0 aliphatic heterocycles. The van der Waals surface area contributed by atoms with E-state index in [-0.39, 0.29) is 5.91 Å². The fourth-order valence-electron chi connectivity index (χ4n) is 1.23. The van der Waals surface area contributed by atoms with Crippen molar-refractivity contribution in [3.8, 4) is 0 Å². The van der Waals surface area contributed by atoms with Gasteiger partial charge in [-0.05, 0) is 24.1 Å². The van der Waals surface area contributed by atoms with Crippen molar-refractivity contribution in [2.24, 2.45) is 5.73 Å². The zero-order chi connectivity index (χ0) is 10.4. The van der Waals surface area contributed by atoms with Crippen LogP contribution in [0.2, 0.25) is 0 Å². The Hall–Kier alpha value is -1.51. The third-order valence-corrected chi connectivity index (χ3v) is 2.04. The first kappa shape index (κ1) is 10.6. The van der Waals surface area contributed by atoms with E-state index < -0.39 is 0 Å². The minimum Gasteiger partial charge on any atom is -0.385 e. The highest BCUT2D eigenvalue weighted by Crippen LogP contribution is 2.10. The molecule has 1 amide bonds. The van der Waals surface area contributed by atoms with Crippen molar-refractivity contribution in [3.63, 3.8) is 0 Å². The molecule has 0 saturated carbocycles. The lowest BCUT2D eigenvalue weighted by Crippen LogP contribution is -2.15. The van der Waals surface area contributed by atoms with Crippen LogP contribution >= 0.6 is 0 Å². The summed E-state index contributed by atoms with van der Waals surface area (Å²) in [6, 6.07) is 8.16. The van der Waals surface area contributed by atoms with Gasteiger partial charge in [0, 0.05) is 18.7 Å². The highest BCUT2D eigenvalue weighted by molar-refractivity contribution is 5.74. The van der Waals surface area contributed by atoms with E-state index >= 15 is 0 Å². The molecule has 1 rings (SSSR count). The van der Waals surface area contributed by atoms with Crippen molar-refractivity contribution in [1.82, 2.24) is 0 Å². The lowest BCUT2D eigenvalue weighted by molar-refractivity contribution is -0.117. The van der Waals surface area contributed by atoms with Crippen LogP contribution in [0.5, 0.6) is 0 Å². The van der Waals surface area contributed by atoms with Crippen LogP contribution in [0.3, 0.4) is 0 Å². The maximum atomic E-state index is 10.5. The standard InChI is InChI=1S/C11H16N2O/c1-2-9-4-3-5-10(8-9)13-7-6-11(12)14/h3-5,8,13H,2,6-7H2,1H3,(H2,12,14). The predicted octanol–water partition coefficient (Wildman–Crippen LogP) is 1.54. The van der Waals surface area contributed by atoms with Gasteiger partial charge >= 0.3 is 0 Å². The van der Waals surface area contributed by atoms with E-state index in [1.54, 1.807) is 0 Å². The highest BCUT2D eigenvalue weighted by atomic mass is 16.1. The molecule has 76 valence electrons. The van der Waals surface area contributed by atoms with Crippen LogP contribution in [-0.2, 0) is 11.2 Å². The van der Waals surface area contributed by atoms with Crippen molar-refractivity contribution in [3.05, 3.63) is 29.8 Å². The van der Waals surface area contributed by atoms with E-state index in [9.17, 15) is 4.79 Å². The van der Waals surface area contributed by atoms with Gasteiger partial charge in [-0.15, -0.1) is 0 Å². The Labute approximate surface area is 84.3 Å². The zero-order valence-corrected chi connectivity index (χ0v) is 8.42. The second-order valence-corrected chi connectivity index (χ2v) is 3.20. The zero-order valence-electron chi connectivity index (χ0n) is 8.42. The molecule has 3 heteroatoms. The molecule has 1 aromatic rings. The van der Waals surface area contributed by atoms with E-state index in [0.29, 0.717) is 13.0 Å². The molecule has 3 nitrogen and oxygen atoms in total. The molecule has 0 saturated heterocycles. The van der Waals surface area contributed by atoms with Gasteiger partial charge in [0.05, 0.1) is 0 Å². The average Bonchev–Trinajstić information content (AvgIpc) is 2.18. The molecule has 0 atom stereocenters. The van der Waals surface area contributed by atoms with Crippen molar-refractivity contribution >= 4 is 11.6 Å². The van der Waals surface area contributed by atoms with E-state index in [4.69, 9.17) is 5.73 Å². The molecular formula is C11H16N2O. The van der Waals surface area contributed by atoms with Gasteiger partial charge in [-0.1, -0.05) is 19.1 Å². The first-order chi connectivity index (χ1) is 6.72. The van der Waals surface area contributed by atoms with Gasteiger partial charge < -0.3 is 11.1 Å². The first-order valence-corrected chi connectivity index (χ1v) is 4.83. The maximum Gasteiger partial charge on any atom is 0.219 e. The monoisotopic (exact) mass is 192 g/mol.